The van der Waals surface area contributed by atoms with E-state index in [1.54, 1.807) is 0 Å². The van der Waals surface area contributed by atoms with Gasteiger partial charge in [0.1, 0.15) is 0 Å². The molecule has 2 rings (SSSR count). The van der Waals surface area contributed by atoms with Crippen molar-refractivity contribution in [3.8, 4) is 0 Å². The number of nitrogens with zero attached hydrogens (tertiary/aromatic N) is 4. The van der Waals surface area contributed by atoms with Crippen molar-refractivity contribution in [1.29, 1.82) is 0 Å². The van der Waals surface area contributed by atoms with Crippen molar-refractivity contribution in [2.75, 3.05) is 6.54 Å². The molecular formula is C14H22ClN5. The molecule has 0 aromatic carbocycles. The summed E-state index contributed by atoms with van der Waals surface area (Å²) in [6.07, 6.45) is 1.69. The Bertz CT molecular complexity index is 612. The predicted octanol–water partition coefficient (Wildman–Crippen LogP) is 2.00. The van der Waals surface area contributed by atoms with Gasteiger partial charge in [-0.25, -0.2) is 0 Å². The Morgan fingerprint density at radius 3 is 2.50 bits per heavy atom. The molecule has 0 radical (unpaired) electrons. The minimum absolute atomic E-state index is 0.638. The molecule has 0 fully saturated rings. The van der Waals surface area contributed by atoms with Gasteiger partial charge in [-0.15, -0.1) is 0 Å². The van der Waals surface area contributed by atoms with Crippen LogP contribution in [0.2, 0.25) is 5.02 Å². The van der Waals surface area contributed by atoms with E-state index < -0.39 is 0 Å². The molecule has 110 valence electrons. The highest BCUT2D eigenvalue weighted by atomic mass is 35.5. The summed E-state index contributed by atoms with van der Waals surface area (Å²) in [5.74, 6) is 0. The zero-order valence-corrected chi connectivity index (χ0v) is 13.3. The molecule has 0 spiro atoms. The molecular weight excluding hydrogens is 274 g/mol. The van der Waals surface area contributed by atoms with Crippen LogP contribution >= 0.6 is 11.6 Å². The van der Waals surface area contributed by atoms with E-state index in [4.69, 9.17) is 17.3 Å². The fourth-order valence-corrected chi connectivity index (χ4v) is 2.88. The number of aromatic nitrogens is 4. The third kappa shape index (κ3) is 2.60. The van der Waals surface area contributed by atoms with Crippen LogP contribution in [0, 0.1) is 13.8 Å². The van der Waals surface area contributed by atoms with Crippen molar-refractivity contribution in [3.05, 3.63) is 33.4 Å². The van der Waals surface area contributed by atoms with Gasteiger partial charge in [0.05, 0.1) is 28.6 Å². The lowest BCUT2D eigenvalue weighted by Gasteiger charge is -2.06. The molecule has 0 atom stereocenters. The normalized spacial score (nSPS) is 11.3. The number of hydrogen-bond donors (Lipinski definition) is 1. The Kier molecular flexibility index (Phi) is 4.50. The van der Waals surface area contributed by atoms with Crippen LogP contribution in [-0.4, -0.2) is 26.1 Å². The molecule has 0 bridgehead atoms. The van der Waals surface area contributed by atoms with Gasteiger partial charge >= 0.3 is 0 Å². The first-order valence-electron chi connectivity index (χ1n) is 6.92. The van der Waals surface area contributed by atoms with E-state index in [1.807, 2.05) is 23.3 Å². The lowest BCUT2D eigenvalue weighted by atomic mass is 10.1. The monoisotopic (exact) mass is 295 g/mol. The first-order chi connectivity index (χ1) is 9.49. The predicted molar refractivity (Wildman–Crippen MR) is 81.2 cm³/mol. The maximum Gasteiger partial charge on any atom is 0.0869 e. The van der Waals surface area contributed by atoms with Gasteiger partial charge in [-0.1, -0.05) is 18.5 Å². The molecule has 0 amide bonds. The van der Waals surface area contributed by atoms with Gasteiger partial charge in [0.25, 0.3) is 0 Å². The second kappa shape index (κ2) is 5.97. The molecule has 0 saturated heterocycles. The van der Waals surface area contributed by atoms with Crippen molar-refractivity contribution >= 4 is 11.6 Å². The fraction of sp³-hybridized carbons (Fsp3) is 0.571. The molecule has 2 heterocycles. The van der Waals surface area contributed by atoms with Crippen LogP contribution in [0.25, 0.3) is 0 Å². The lowest BCUT2D eigenvalue weighted by Crippen LogP contribution is -2.10. The number of nitrogens with two attached hydrogens (primary N) is 1. The summed E-state index contributed by atoms with van der Waals surface area (Å²) in [5, 5.41) is 9.80. The Morgan fingerprint density at radius 1 is 1.25 bits per heavy atom. The number of hydrogen-bond acceptors (Lipinski definition) is 3. The SMILES string of the molecule is CCc1nn(C)c(Cn2nc(C)c(CCN)c2C)c1Cl. The average molecular weight is 296 g/mol. The van der Waals surface area contributed by atoms with E-state index in [2.05, 4.69) is 24.0 Å². The van der Waals surface area contributed by atoms with Crippen molar-refractivity contribution < 1.29 is 0 Å². The molecule has 0 aliphatic heterocycles. The van der Waals surface area contributed by atoms with E-state index >= 15 is 0 Å². The zero-order valence-electron chi connectivity index (χ0n) is 12.6. The molecule has 20 heavy (non-hydrogen) atoms. The lowest BCUT2D eigenvalue weighted by molar-refractivity contribution is 0.602. The zero-order chi connectivity index (χ0) is 14.9. The highest BCUT2D eigenvalue weighted by Crippen LogP contribution is 2.23. The van der Waals surface area contributed by atoms with Crippen molar-refractivity contribution in [2.24, 2.45) is 12.8 Å². The van der Waals surface area contributed by atoms with Crippen LogP contribution in [0.5, 0.6) is 0 Å². The minimum Gasteiger partial charge on any atom is -0.330 e. The topological polar surface area (TPSA) is 61.7 Å². The quantitative estimate of drug-likeness (QED) is 0.918. The summed E-state index contributed by atoms with van der Waals surface area (Å²) in [4.78, 5) is 0. The Hall–Kier alpha value is -1.33. The molecule has 2 aromatic heterocycles. The molecule has 5 nitrogen and oxygen atoms in total. The highest BCUT2D eigenvalue weighted by molar-refractivity contribution is 6.31. The Morgan fingerprint density at radius 2 is 1.95 bits per heavy atom. The number of halogens is 1. The summed E-state index contributed by atoms with van der Waals surface area (Å²) in [6.45, 7) is 7.44. The highest BCUT2D eigenvalue weighted by Gasteiger charge is 2.16. The van der Waals surface area contributed by atoms with E-state index in [0.29, 0.717) is 13.1 Å². The summed E-state index contributed by atoms with van der Waals surface area (Å²) in [7, 11) is 1.92. The van der Waals surface area contributed by atoms with Gasteiger partial charge in [-0.05, 0) is 38.8 Å². The standard InChI is InChI=1S/C14H22ClN5/c1-5-12-14(15)13(19(4)18-12)8-20-10(3)11(6-7-16)9(2)17-20/h5-8,16H2,1-4H3. The molecule has 0 aliphatic rings. The van der Waals surface area contributed by atoms with Crippen LogP contribution in [0.3, 0.4) is 0 Å². The molecule has 2 N–H and O–H groups in total. The average Bonchev–Trinajstić information content (AvgIpc) is 2.83. The van der Waals surface area contributed by atoms with Crippen LogP contribution in [0.1, 0.15) is 35.3 Å². The first kappa shape index (κ1) is 15.1. The van der Waals surface area contributed by atoms with Crippen molar-refractivity contribution in [2.45, 2.75) is 40.2 Å². The van der Waals surface area contributed by atoms with E-state index in [-0.39, 0.29) is 0 Å². The van der Waals surface area contributed by atoms with Gasteiger partial charge in [-0.3, -0.25) is 9.36 Å². The molecule has 0 unspecified atom stereocenters. The second-order valence-electron chi connectivity index (χ2n) is 5.03. The molecule has 6 heteroatoms. The van der Waals surface area contributed by atoms with Gasteiger partial charge < -0.3 is 5.73 Å². The van der Waals surface area contributed by atoms with Gasteiger partial charge in [0.15, 0.2) is 0 Å². The minimum atomic E-state index is 0.638. The van der Waals surface area contributed by atoms with Gasteiger partial charge in [0, 0.05) is 12.7 Å². The second-order valence-corrected chi connectivity index (χ2v) is 5.41. The van der Waals surface area contributed by atoms with Crippen LogP contribution in [0.15, 0.2) is 0 Å². The van der Waals surface area contributed by atoms with E-state index in [0.717, 1.165) is 40.6 Å². The summed E-state index contributed by atoms with van der Waals surface area (Å²) in [5.41, 5.74) is 11.0. The van der Waals surface area contributed by atoms with Crippen LogP contribution in [0.4, 0.5) is 0 Å². The molecule has 2 aromatic rings. The first-order valence-corrected chi connectivity index (χ1v) is 7.30. The van der Waals surface area contributed by atoms with Crippen molar-refractivity contribution in [1.82, 2.24) is 19.6 Å². The maximum atomic E-state index is 6.40. The summed E-state index contributed by atoms with van der Waals surface area (Å²) < 4.78 is 3.84. The Labute approximate surface area is 124 Å². The van der Waals surface area contributed by atoms with Crippen LogP contribution in [-0.2, 0) is 26.4 Å². The van der Waals surface area contributed by atoms with Gasteiger partial charge in [-0.2, -0.15) is 10.2 Å². The largest absolute Gasteiger partial charge is 0.330 e. The van der Waals surface area contributed by atoms with Gasteiger partial charge in [0.2, 0.25) is 0 Å². The van der Waals surface area contributed by atoms with E-state index in [9.17, 15) is 0 Å². The van der Waals surface area contributed by atoms with E-state index in [1.165, 1.54) is 5.56 Å². The fourth-order valence-electron chi connectivity index (χ4n) is 2.53. The summed E-state index contributed by atoms with van der Waals surface area (Å²) >= 11 is 6.40. The Balaban J connectivity index is 2.36. The maximum absolute atomic E-state index is 6.40. The van der Waals surface area contributed by atoms with Crippen LogP contribution < -0.4 is 5.73 Å². The third-order valence-electron chi connectivity index (χ3n) is 3.73. The smallest absolute Gasteiger partial charge is 0.0869 e. The van der Waals surface area contributed by atoms with Crippen molar-refractivity contribution in [3.63, 3.8) is 0 Å². The number of aryl methyl sites for hydroxylation is 3. The number of rotatable bonds is 5. The summed E-state index contributed by atoms with van der Waals surface area (Å²) in [6, 6.07) is 0. The molecule has 0 aliphatic carbocycles. The molecule has 0 saturated carbocycles. The third-order valence-corrected chi connectivity index (χ3v) is 4.16.